The summed E-state index contributed by atoms with van der Waals surface area (Å²) in [6.45, 7) is 28.7. The van der Waals surface area contributed by atoms with Crippen molar-refractivity contribution in [3.8, 4) is 178 Å². The van der Waals surface area contributed by atoms with Crippen LogP contribution in [0.3, 0.4) is 0 Å². The summed E-state index contributed by atoms with van der Waals surface area (Å²) >= 11 is 0. The molecule has 0 saturated carbocycles. The molecule has 25 aromatic carbocycles. The molecule has 0 unspecified atom stereocenters. The monoisotopic (exact) mass is 1910 g/mol. The van der Waals surface area contributed by atoms with Gasteiger partial charge < -0.3 is 0 Å². The van der Waals surface area contributed by atoms with Crippen molar-refractivity contribution in [3.63, 3.8) is 0 Å². The molecule has 9 aliphatic carbocycles. The molecular formula is C150H106. The summed E-state index contributed by atoms with van der Waals surface area (Å²) in [6, 6.07) is 162. The minimum absolute atomic E-state index is 0.00643. The van der Waals surface area contributed by atoms with Crippen molar-refractivity contribution in [2.24, 2.45) is 0 Å². The third-order valence-electron chi connectivity index (χ3n) is 37.8. The van der Waals surface area contributed by atoms with Gasteiger partial charge in [-0.05, 0) is 402 Å². The van der Waals surface area contributed by atoms with Crippen molar-refractivity contribution in [1.82, 2.24) is 0 Å². The van der Waals surface area contributed by atoms with Gasteiger partial charge in [-0.15, -0.1) is 0 Å². The van der Waals surface area contributed by atoms with E-state index in [1.165, 1.54) is 342 Å². The Labute approximate surface area is 875 Å². The molecule has 0 atom stereocenters. The average Bonchev–Trinajstić information content (AvgIpc) is 1.43. The molecule has 0 heteroatoms. The Morgan fingerprint density at radius 3 is 0.533 bits per heavy atom. The number of rotatable bonds is 7. The van der Waals surface area contributed by atoms with E-state index in [9.17, 15) is 0 Å². The predicted molar refractivity (Wildman–Crippen MR) is 637 cm³/mol. The first-order chi connectivity index (χ1) is 72.9. The van der Waals surface area contributed by atoms with Gasteiger partial charge in [0.25, 0.3) is 0 Å². The molecule has 0 nitrogen and oxygen atoms in total. The van der Waals surface area contributed by atoms with E-state index in [2.05, 4.69) is 508 Å². The zero-order chi connectivity index (χ0) is 100. The second kappa shape index (κ2) is 29.9. The fourth-order valence-electron chi connectivity index (χ4n) is 30.0. The van der Waals surface area contributed by atoms with Crippen LogP contribution in [0.2, 0.25) is 0 Å². The van der Waals surface area contributed by atoms with Crippen LogP contribution in [0.15, 0.2) is 425 Å². The fraction of sp³-hybridized carbons (Fsp3) is 0.120. The number of hydrogen-bond acceptors (Lipinski definition) is 0. The summed E-state index contributed by atoms with van der Waals surface area (Å²) in [7, 11) is 0. The quantitative estimate of drug-likeness (QED) is 0.140. The normalized spacial score (nSPS) is 15.3. The van der Waals surface area contributed by atoms with Gasteiger partial charge in [-0.25, -0.2) is 0 Å². The molecule has 0 heterocycles. The minimum atomic E-state index is -0.145. The molecule has 0 saturated heterocycles. The van der Waals surface area contributed by atoms with Crippen LogP contribution in [0.5, 0.6) is 0 Å². The van der Waals surface area contributed by atoms with Crippen LogP contribution in [0.25, 0.3) is 275 Å². The van der Waals surface area contributed by atoms with Gasteiger partial charge >= 0.3 is 0 Å². The van der Waals surface area contributed by atoms with Crippen LogP contribution in [0.1, 0.15) is 150 Å². The Hall–Kier alpha value is -17.2. The third-order valence-corrected chi connectivity index (χ3v) is 37.8. The van der Waals surface area contributed by atoms with Gasteiger partial charge in [0.1, 0.15) is 0 Å². The SMILES string of the molecule is CC1(C)c2cc(-c3ccccc3)ccc2-c2ccc(-c3ccc4c5c3ccc3ccc6cccc-4c6c35)cc21.CC1(C)c2ccccc2-c2ccc(-c3ccc4c(c3)C(C)(C)c3cc(-c5ccc6c(c5)C(C)(C)c5cc(-c7ccc8c9c7ccc7ccc%10cccc-8c%10c79)ccc5-6)ccc3-4)cc21.CC1(C)c2ccccc2-c2ccc(-c3ccc4c(c3)C(C)(C)c3cc(-c5ccc6c7c5ccc5ccc8cccc-6c8c57)ccc3-4)cc21. The summed E-state index contributed by atoms with van der Waals surface area (Å²) in [5.41, 5.74) is 59.2. The van der Waals surface area contributed by atoms with Crippen LogP contribution in [0, 0.1) is 0 Å². The molecule has 0 aromatic heterocycles. The molecule has 0 N–H and O–H groups in total. The van der Waals surface area contributed by atoms with E-state index in [-0.39, 0.29) is 32.5 Å². The van der Waals surface area contributed by atoms with Gasteiger partial charge in [-0.3, -0.25) is 0 Å². The first-order valence-corrected chi connectivity index (χ1v) is 53.9. The van der Waals surface area contributed by atoms with Gasteiger partial charge in [-0.1, -0.05) is 447 Å². The van der Waals surface area contributed by atoms with Crippen molar-refractivity contribution >= 4 is 97.0 Å². The van der Waals surface area contributed by atoms with E-state index in [4.69, 9.17) is 0 Å². The Morgan fingerprint density at radius 2 is 0.273 bits per heavy atom. The predicted octanol–water partition coefficient (Wildman–Crippen LogP) is 40.9. The van der Waals surface area contributed by atoms with Gasteiger partial charge in [-0.2, -0.15) is 0 Å². The number of hydrogen-bond donors (Lipinski definition) is 0. The molecule has 0 aliphatic heterocycles. The maximum Gasteiger partial charge on any atom is 0.0159 e. The first kappa shape index (κ1) is 86.0. The Bertz CT molecular complexity index is 10600. The van der Waals surface area contributed by atoms with Crippen LogP contribution >= 0.6 is 0 Å². The van der Waals surface area contributed by atoms with E-state index >= 15 is 0 Å². The van der Waals surface area contributed by atoms with E-state index < -0.39 is 0 Å². The van der Waals surface area contributed by atoms with Crippen molar-refractivity contribution in [1.29, 1.82) is 0 Å². The largest absolute Gasteiger partial charge is 0.0622 e. The second-order valence-electron chi connectivity index (χ2n) is 47.5. The lowest BCUT2D eigenvalue weighted by atomic mass is 9.79. The summed E-state index contributed by atoms with van der Waals surface area (Å²) in [6.07, 6.45) is 0. The molecule has 9 aliphatic rings. The van der Waals surface area contributed by atoms with E-state index in [0.29, 0.717) is 0 Å². The highest BCUT2D eigenvalue weighted by atomic mass is 14.5. The third kappa shape index (κ3) is 11.5. The van der Waals surface area contributed by atoms with Crippen LogP contribution in [0.4, 0.5) is 0 Å². The molecule has 0 amide bonds. The molecular weight excluding hydrogens is 1800 g/mol. The summed E-state index contributed by atoms with van der Waals surface area (Å²) in [5, 5.41) is 24.7. The summed E-state index contributed by atoms with van der Waals surface area (Å²) in [5.74, 6) is 0. The summed E-state index contributed by atoms with van der Waals surface area (Å²) < 4.78 is 0. The van der Waals surface area contributed by atoms with E-state index in [0.717, 1.165) is 0 Å². The first-order valence-electron chi connectivity index (χ1n) is 53.9. The molecule has 0 radical (unpaired) electrons. The van der Waals surface area contributed by atoms with Crippen LogP contribution in [-0.4, -0.2) is 0 Å². The van der Waals surface area contributed by atoms with Gasteiger partial charge in [0, 0.05) is 32.5 Å². The van der Waals surface area contributed by atoms with Crippen molar-refractivity contribution in [3.05, 3.63) is 491 Å². The van der Waals surface area contributed by atoms with Crippen LogP contribution < -0.4 is 0 Å². The van der Waals surface area contributed by atoms with Crippen molar-refractivity contribution in [2.45, 2.75) is 116 Å². The van der Waals surface area contributed by atoms with Gasteiger partial charge in [0.2, 0.25) is 0 Å². The smallest absolute Gasteiger partial charge is 0.0159 e. The molecule has 150 heavy (non-hydrogen) atoms. The minimum Gasteiger partial charge on any atom is -0.0622 e. The van der Waals surface area contributed by atoms with Gasteiger partial charge in [0.05, 0.1) is 0 Å². The lowest BCUT2D eigenvalue weighted by Crippen LogP contribution is -2.16. The van der Waals surface area contributed by atoms with Crippen molar-refractivity contribution < 1.29 is 0 Å². The van der Waals surface area contributed by atoms with Crippen LogP contribution in [-0.2, 0) is 32.5 Å². The van der Waals surface area contributed by atoms with Gasteiger partial charge in [0.15, 0.2) is 0 Å². The maximum atomic E-state index is 2.49. The highest BCUT2D eigenvalue weighted by Gasteiger charge is 2.44. The molecule has 0 bridgehead atoms. The van der Waals surface area contributed by atoms with E-state index in [1.807, 2.05) is 0 Å². The van der Waals surface area contributed by atoms with Crippen molar-refractivity contribution in [2.75, 3.05) is 0 Å². The Kier molecular flexibility index (Phi) is 17.1. The fourth-order valence-corrected chi connectivity index (χ4v) is 30.0. The lowest BCUT2D eigenvalue weighted by Gasteiger charge is -2.24. The lowest BCUT2D eigenvalue weighted by molar-refractivity contribution is 0.659. The zero-order valence-corrected chi connectivity index (χ0v) is 86.4. The highest BCUT2D eigenvalue weighted by molar-refractivity contribution is 6.37. The Balaban J connectivity index is 0.000000102. The molecule has 25 aromatic rings. The molecule has 34 rings (SSSR count). The number of benzene rings is 25. The summed E-state index contributed by atoms with van der Waals surface area (Å²) in [4.78, 5) is 0. The standard InChI is InChI=1S/C63H46.C48H34.C39H26/c1-61(2)52-13-8-7-11-43(52)44-22-17-37(30-53(44)61)38-18-23-45-46-24-19-39(32-55(46)62(3,4)54(45)31-38)40-20-25-47-48-26-21-41(34-57(48)63(5,6)56(47)33-40)42-28-29-51-49-12-9-10-35-14-15-36-16-27-50(42)60(51)59(36)58(35)49;1-47(2)40-11-6-5-9-33(40)34-18-15-29(24-41(34)47)30-16-19-35-36-20-17-31(26-43(36)48(3,4)42(35)25-30)32-22-23-39-37-10-7-8-27-12-13-28-14-21-38(32)46(39)45(28)44(27)37;1-39(2)34-21-26(23-7-4-3-5-8-23)14-16-29(34)30-17-15-27(22-35(30)39)28-19-20-33-31-10-6-9-24-11-12-25-13-18-32(28)38(33)37(25)36(24)31/h7-34H,1-6H3;5-26H,1-4H3;3-22H,1-2H3. The maximum absolute atomic E-state index is 2.49. The zero-order valence-electron chi connectivity index (χ0n) is 86.4. The molecule has 0 fully saturated rings. The average molecular weight is 1910 g/mol. The molecule has 706 valence electrons. The highest BCUT2D eigenvalue weighted by Crippen LogP contribution is 2.62. The number of fused-ring (bicyclic) bond motifs is 21. The van der Waals surface area contributed by atoms with E-state index in [1.54, 1.807) is 0 Å². The topological polar surface area (TPSA) is 0 Å². The molecule has 0 spiro atoms. The second-order valence-corrected chi connectivity index (χ2v) is 47.5. The Morgan fingerprint density at radius 1 is 0.100 bits per heavy atom.